The Balaban J connectivity index is 2.80. The molecule has 0 bridgehead atoms. The van der Waals surface area contributed by atoms with Crippen LogP contribution in [-0.4, -0.2) is 54.8 Å². The predicted octanol–water partition coefficient (Wildman–Crippen LogP) is -1.05. The summed E-state index contributed by atoms with van der Waals surface area (Å²) in [5, 5.41) is 8.62. The molecule has 1 fully saturated rings. The standard InChI is InChI=1S/C6H12N2O4S/c1-7(2)13(11,12)8-4-3-5(8)6(9)10/h5H,3-4H2,1-2H3,(H,9,10)/t5-/m0/s1. The fourth-order valence-corrected chi connectivity index (χ4v) is 2.37. The summed E-state index contributed by atoms with van der Waals surface area (Å²) in [7, 11) is -0.785. The van der Waals surface area contributed by atoms with Crippen LogP contribution in [0.4, 0.5) is 0 Å². The van der Waals surface area contributed by atoms with Gasteiger partial charge in [0.1, 0.15) is 6.04 Å². The molecule has 1 atom stereocenters. The van der Waals surface area contributed by atoms with Crippen LogP contribution < -0.4 is 0 Å². The van der Waals surface area contributed by atoms with Crippen LogP contribution >= 0.6 is 0 Å². The van der Waals surface area contributed by atoms with Gasteiger partial charge in [-0.1, -0.05) is 0 Å². The second-order valence-electron chi connectivity index (χ2n) is 3.04. The number of nitrogens with zero attached hydrogens (tertiary/aromatic N) is 2. The average Bonchev–Trinajstić information content (AvgIpc) is 1.80. The third-order valence-corrected chi connectivity index (χ3v) is 3.97. The smallest absolute Gasteiger partial charge is 0.322 e. The highest BCUT2D eigenvalue weighted by Gasteiger charge is 2.43. The van der Waals surface area contributed by atoms with Gasteiger partial charge in [0.15, 0.2) is 0 Å². The van der Waals surface area contributed by atoms with Crippen LogP contribution in [0.25, 0.3) is 0 Å². The van der Waals surface area contributed by atoms with E-state index in [1.807, 2.05) is 0 Å². The SMILES string of the molecule is CN(C)S(=O)(=O)N1CC[C@H]1C(=O)O. The van der Waals surface area contributed by atoms with Crippen molar-refractivity contribution in [3.05, 3.63) is 0 Å². The number of rotatable bonds is 3. The zero-order valence-electron chi connectivity index (χ0n) is 7.47. The van der Waals surface area contributed by atoms with Crippen molar-refractivity contribution in [1.82, 2.24) is 8.61 Å². The number of carbonyl (C=O) groups is 1. The molecule has 0 aromatic carbocycles. The molecule has 1 aliphatic rings. The van der Waals surface area contributed by atoms with Gasteiger partial charge in [0.2, 0.25) is 0 Å². The van der Waals surface area contributed by atoms with Crippen LogP contribution in [0.2, 0.25) is 0 Å². The maximum absolute atomic E-state index is 11.4. The van der Waals surface area contributed by atoms with Crippen molar-refractivity contribution in [1.29, 1.82) is 0 Å². The van der Waals surface area contributed by atoms with Crippen molar-refractivity contribution < 1.29 is 18.3 Å². The molecule has 0 aliphatic carbocycles. The molecule has 7 heteroatoms. The Morgan fingerprint density at radius 2 is 2.08 bits per heavy atom. The Kier molecular flexibility index (Phi) is 2.60. The normalized spacial score (nSPS) is 24.4. The third-order valence-electron chi connectivity index (χ3n) is 2.01. The third kappa shape index (κ3) is 1.67. The predicted molar refractivity (Wildman–Crippen MR) is 45.4 cm³/mol. The van der Waals surface area contributed by atoms with Crippen LogP contribution in [0.15, 0.2) is 0 Å². The van der Waals surface area contributed by atoms with Gasteiger partial charge >= 0.3 is 5.97 Å². The molecule has 76 valence electrons. The molecule has 0 unspecified atom stereocenters. The molecule has 0 aromatic heterocycles. The first-order valence-electron chi connectivity index (χ1n) is 3.79. The molecule has 1 aliphatic heterocycles. The maximum atomic E-state index is 11.4. The Morgan fingerprint density at radius 3 is 2.31 bits per heavy atom. The molecule has 1 N–H and O–H groups in total. The highest BCUT2D eigenvalue weighted by molar-refractivity contribution is 7.86. The minimum Gasteiger partial charge on any atom is -0.480 e. The van der Waals surface area contributed by atoms with Gasteiger partial charge in [-0.05, 0) is 6.42 Å². The van der Waals surface area contributed by atoms with Crippen molar-refractivity contribution in [2.45, 2.75) is 12.5 Å². The van der Waals surface area contributed by atoms with Gasteiger partial charge in [-0.2, -0.15) is 17.0 Å². The van der Waals surface area contributed by atoms with Gasteiger partial charge in [0.05, 0.1) is 0 Å². The van der Waals surface area contributed by atoms with Crippen molar-refractivity contribution in [2.75, 3.05) is 20.6 Å². The summed E-state index contributed by atoms with van der Waals surface area (Å²) in [6, 6.07) is -0.882. The van der Waals surface area contributed by atoms with Crippen LogP contribution in [0.1, 0.15) is 6.42 Å². The summed E-state index contributed by atoms with van der Waals surface area (Å²) in [5.41, 5.74) is 0. The molecule has 0 aromatic rings. The second-order valence-corrected chi connectivity index (χ2v) is 5.14. The van der Waals surface area contributed by atoms with E-state index in [9.17, 15) is 13.2 Å². The van der Waals surface area contributed by atoms with Crippen molar-refractivity contribution in [2.24, 2.45) is 0 Å². The summed E-state index contributed by atoms with van der Waals surface area (Å²) in [6.07, 6.45) is 0.391. The largest absolute Gasteiger partial charge is 0.480 e. The first-order chi connectivity index (χ1) is 5.87. The van der Waals surface area contributed by atoms with E-state index in [2.05, 4.69) is 0 Å². The molecular formula is C6H12N2O4S. The zero-order chi connectivity index (χ0) is 10.2. The van der Waals surface area contributed by atoms with Gasteiger partial charge in [-0.15, -0.1) is 0 Å². The first kappa shape index (κ1) is 10.4. The van der Waals surface area contributed by atoms with E-state index >= 15 is 0 Å². The number of hydrogen-bond donors (Lipinski definition) is 1. The number of hydrogen-bond acceptors (Lipinski definition) is 3. The van der Waals surface area contributed by atoms with Crippen LogP contribution in [0.5, 0.6) is 0 Å². The highest BCUT2D eigenvalue weighted by atomic mass is 32.2. The van der Waals surface area contributed by atoms with E-state index < -0.39 is 22.2 Å². The lowest BCUT2D eigenvalue weighted by Gasteiger charge is -2.37. The van der Waals surface area contributed by atoms with Gasteiger partial charge in [-0.25, -0.2) is 0 Å². The molecule has 1 rings (SSSR count). The molecular weight excluding hydrogens is 196 g/mol. The van der Waals surface area contributed by atoms with Crippen molar-refractivity contribution >= 4 is 16.2 Å². The quantitative estimate of drug-likeness (QED) is 0.642. The topological polar surface area (TPSA) is 77.9 Å². The number of carboxylic acids is 1. The van der Waals surface area contributed by atoms with Crippen LogP contribution in [0.3, 0.4) is 0 Å². The summed E-state index contributed by atoms with van der Waals surface area (Å²) in [6.45, 7) is 0.289. The lowest BCUT2D eigenvalue weighted by Crippen LogP contribution is -2.57. The molecule has 0 amide bonds. The van der Waals surface area contributed by atoms with E-state index in [4.69, 9.17) is 5.11 Å². The highest BCUT2D eigenvalue weighted by Crippen LogP contribution is 2.22. The monoisotopic (exact) mass is 208 g/mol. The summed E-state index contributed by atoms with van der Waals surface area (Å²) in [5.74, 6) is -1.09. The molecule has 1 heterocycles. The molecule has 13 heavy (non-hydrogen) atoms. The molecule has 6 nitrogen and oxygen atoms in total. The fourth-order valence-electron chi connectivity index (χ4n) is 1.10. The van der Waals surface area contributed by atoms with Crippen LogP contribution in [0, 0.1) is 0 Å². The summed E-state index contributed by atoms with van der Waals surface area (Å²) < 4.78 is 24.8. The Labute approximate surface area is 76.9 Å². The van der Waals surface area contributed by atoms with E-state index in [1.165, 1.54) is 14.1 Å². The minimum atomic E-state index is -3.55. The first-order valence-corrected chi connectivity index (χ1v) is 5.19. The Morgan fingerprint density at radius 1 is 1.54 bits per heavy atom. The molecule has 1 saturated heterocycles. The van der Waals surface area contributed by atoms with Crippen molar-refractivity contribution in [3.63, 3.8) is 0 Å². The number of aliphatic carboxylic acids is 1. The van der Waals surface area contributed by atoms with Crippen molar-refractivity contribution in [3.8, 4) is 0 Å². The lowest BCUT2D eigenvalue weighted by atomic mass is 10.1. The average molecular weight is 208 g/mol. The molecule has 0 spiro atoms. The zero-order valence-corrected chi connectivity index (χ0v) is 8.28. The van der Waals surface area contributed by atoms with E-state index in [0.717, 1.165) is 8.61 Å². The number of carboxylic acid groups (broad SMARTS) is 1. The fraction of sp³-hybridized carbons (Fsp3) is 0.833. The Bertz CT molecular complexity index is 311. The van der Waals surface area contributed by atoms with Gasteiger partial charge in [0, 0.05) is 20.6 Å². The second kappa shape index (κ2) is 3.24. The Hall–Kier alpha value is -0.660. The minimum absolute atomic E-state index is 0.289. The van der Waals surface area contributed by atoms with Gasteiger partial charge in [-0.3, -0.25) is 4.79 Å². The maximum Gasteiger partial charge on any atom is 0.322 e. The lowest BCUT2D eigenvalue weighted by molar-refractivity contribution is -0.144. The van der Waals surface area contributed by atoms with Gasteiger partial charge < -0.3 is 5.11 Å². The summed E-state index contributed by atoms with van der Waals surface area (Å²) in [4.78, 5) is 10.5. The van der Waals surface area contributed by atoms with E-state index in [-0.39, 0.29) is 6.54 Å². The molecule has 0 radical (unpaired) electrons. The van der Waals surface area contributed by atoms with E-state index in [1.54, 1.807) is 0 Å². The van der Waals surface area contributed by atoms with E-state index in [0.29, 0.717) is 6.42 Å². The molecule has 0 saturated carbocycles. The van der Waals surface area contributed by atoms with Gasteiger partial charge in [0.25, 0.3) is 10.2 Å². The van der Waals surface area contributed by atoms with Crippen LogP contribution in [-0.2, 0) is 15.0 Å². The summed E-state index contributed by atoms with van der Waals surface area (Å²) >= 11 is 0.